The molecular weight excluding hydrogens is 280 g/mol. The van der Waals surface area contributed by atoms with Crippen LogP contribution in [0.2, 0.25) is 0 Å². The molecule has 1 aliphatic carbocycles. The molecule has 2 aliphatic rings. The van der Waals surface area contributed by atoms with Gasteiger partial charge in [-0.25, -0.2) is 0 Å². The van der Waals surface area contributed by atoms with Gasteiger partial charge < -0.3 is 14.6 Å². The molecule has 5 heteroatoms. The number of likely N-dealkylation sites (tertiary alicyclic amines) is 1. The van der Waals surface area contributed by atoms with E-state index in [1.807, 2.05) is 17.0 Å². The summed E-state index contributed by atoms with van der Waals surface area (Å²) in [5, 5.41) is 2.93. The summed E-state index contributed by atoms with van der Waals surface area (Å²) < 4.78 is 5.21. The second kappa shape index (κ2) is 6.99. The summed E-state index contributed by atoms with van der Waals surface area (Å²) in [6.07, 6.45) is 7.19. The molecule has 0 aromatic carbocycles. The third-order valence-corrected chi connectivity index (χ3v) is 4.88. The number of nitrogens with zero attached hydrogens (tertiary/aromatic N) is 1. The molecule has 2 heterocycles. The molecular formula is C17H24N2O3. The third kappa shape index (κ3) is 3.51. The van der Waals surface area contributed by atoms with Crippen LogP contribution in [0.1, 0.15) is 44.3 Å². The zero-order valence-electron chi connectivity index (χ0n) is 12.9. The zero-order valence-corrected chi connectivity index (χ0v) is 12.9. The van der Waals surface area contributed by atoms with Gasteiger partial charge in [0, 0.05) is 24.9 Å². The number of hydrogen-bond donors (Lipinski definition) is 1. The fraction of sp³-hybridized carbons (Fsp3) is 0.647. The van der Waals surface area contributed by atoms with Crippen LogP contribution in [0.4, 0.5) is 0 Å². The molecule has 120 valence electrons. The van der Waals surface area contributed by atoms with Crippen molar-refractivity contribution in [3.8, 4) is 0 Å². The highest BCUT2D eigenvalue weighted by molar-refractivity contribution is 5.81. The van der Waals surface area contributed by atoms with Gasteiger partial charge in [0.05, 0.1) is 12.8 Å². The number of hydrogen-bond acceptors (Lipinski definition) is 3. The maximum Gasteiger partial charge on any atom is 0.225 e. The van der Waals surface area contributed by atoms with Gasteiger partial charge in [0.1, 0.15) is 5.76 Å². The molecule has 1 saturated carbocycles. The van der Waals surface area contributed by atoms with Crippen molar-refractivity contribution in [1.29, 1.82) is 0 Å². The Bertz CT molecular complexity index is 498. The molecule has 22 heavy (non-hydrogen) atoms. The fourth-order valence-corrected chi connectivity index (χ4v) is 3.53. The Hall–Kier alpha value is -1.78. The van der Waals surface area contributed by atoms with Crippen LogP contribution in [0.5, 0.6) is 0 Å². The summed E-state index contributed by atoms with van der Waals surface area (Å²) in [7, 11) is 0. The predicted octanol–water partition coefficient (Wildman–Crippen LogP) is 2.32. The monoisotopic (exact) mass is 304 g/mol. The summed E-state index contributed by atoms with van der Waals surface area (Å²) in [5.74, 6) is 1.34. The third-order valence-electron chi connectivity index (χ3n) is 4.88. The molecule has 0 bridgehead atoms. The highest BCUT2D eigenvalue weighted by atomic mass is 16.3. The van der Waals surface area contributed by atoms with Gasteiger partial charge in [-0.2, -0.15) is 0 Å². The molecule has 1 aromatic rings. The summed E-state index contributed by atoms with van der Waals surface area (Å²) in [6, 6.07) is 3.67. The average Bonchev–Trinajstić information content (AvgIpc) is 3.25. The van der Waals surface area contributed by atoms with Crippen molar-refractivity contribution in [2.45, 2.75) is 45.1 Å². The normalized spacial score (nSPS) is 25.2. The number of carbonyl (C=O) groups is 2. The van der Waals surface area contributed by atoms with Crippen LogP contribution in [0.25, 0.3) is 0 Å². The van der Waals surface area contributed by atoms with Crippen molar-refractivity contribution in [2.75, 3.05) is 13.1 Å². The van der Waals surface area contributed by atoms with Crippen molar-refractivity contribution in [3.05, 3.63) is 24.2 Å². The molecule has 3 rings (SSSR count). The first-order valence-electron chi connectivity index (χ1n) is 8.33. The molecule has 1 aliphatic heterocycles. The number of nitrogens with one attached hydrogen (secondary N) is 1. The van der Waals surface area contributed by atoms with E-state index >= 15 is 0 Å². The summed E-state index contributed by atoms with van der Waals surface area (Å²) in [6.45, 7) is 2.28. The van der Waals surface area contributed by atoms with Gasteiger partial charge in [0.15, 0.2) is 0 Å². The molecule has 1 N–H and O–H groups in total. The molecule has 1 aromatic heterocycles. The first-order valence-corrected chi connectivity index (χ1v) is 8.33. The van der Waals surface area contributed by atoms with Gasteiger partial charge in [-0.15, -0.1) is 0 Å². The molecule has 0 radical (unpaired) electrons. The Kier molecular flexibility index (Phi) is 4.80. The Morgan fingerprint density at radius 3 is 2.45 bits per heavy atom. The maximum atomic E-state index is 12.4. The fourth-order valence-electron chi connectivity index (χ4n) is 3.53. The van der Waals surface area contributed by atoms with E-state index in [1.165, 1.54) is 0 Å². The van der Waals surface area contributed by atoms with Crippen molar-refractivity contribution >= 4 is 11.8 Å². The van der Waals surface area contributed by atoms with Gasteiger partial charge in [-0.05, 0) is 50.7 Å². The van der Waals surface area contributed by atoms with Crippen LogP contribution in [0, 0.1) is 11.8 Å². The molecule has 2 amide bonds. The van der Waals surface area contributed by atoms with Crippen LogP contribution in [-0.4, -0.2) is 29.8 Å². The second-order valence-electron chi connectivity index (χ2n) is 6.38. The molecule has 0 unspecified atom stereocenters. The Labute approximate surface area is 131 Å². The lowest BCUT2D eigenvalue weighted by atomic mass is 9.81. The lowest BCUT2D eigenvalue weighted by Gasteiger charge is -2.29. The molecule has 0 spiro atoms. The minimum atomic E-state index is 0.0394. The van der Waals surface area contributed by atoms with Crippen LogP contribution < -0.4 is 5.32 Å². The summed E-state index contributed by atoms with van der Waals surface area (Å²) >= 11 is 0. The van der Waals surface area contributed by atoms with Gasteiger partial charge in [-0.3, -0.25) is 9.59 Å². The second-order valence-corrected chi connectivity index (χ2v) is 6.38. The van der Waals surface area contributed by atoms with Gasteiger partial charge in [0.25, 0.3) is 0 Å². The molecule has 5 nitrogen and oxygen atoms in total. The average molecular weight is 304 g/mol. The standard InChI is InChI=1S/C17H24N2O3/c20-16(18-12-15-4-3-11-22-15)13-5-7-14(8-6-13)17(21)19-9-1-2-10-19/h3-4,11,13-14H,1-2,5-10,12H2,(H,18,20). The largest absolute Gasteiger partial charge is 0.467 e. The summed E-state index contributed by atoms with van der Waals surface area (Å²) in [5.41, 5.74) is 0. The zero-order chi connectivity index (χ0) is 15.4. The van der Waals surface area contributed by atoms with Crippen molar-refractivity contribution in [3.63, 3.8) is 0 Å². The van der Waals surface area contributed by atoms with E-state index < -0.39 is 0 Å². The van der Waals surface area contributed by atoms with Crippen LogP contribution >= 0.6 is 0 Å². The summed E-state index contributed by atoms with van der Waals surface area (Å²) in [4.78, 5) is 26.6. The van der Waals surface area contributed by atoms with Crippen molar-refractivity contribution in [1.82, 2.24) is 10.2 Å². The van der Waals surface area contributed by atoms with Gasteiger partial charge >= 0.3 is 0 Å². The minimum Gasteiger partial charge on any atom is -0.467 e. The molecule has 2 fully saturated rings. The highest BCUT2D eigenvalue weighted by Crippen LogP contribution is 2.31. The van der Waals surface area contributed by atoms with Crippen LogP contribution in [0.3, 0.4) is 0 Å². The molecule has 0 atom stereocenters. The van der Waals surface area contributed by atoms with E-state index in [4.69, 9.17) is 4.42 Å². The number of amides is 2. The lowest BCUT2D eigenvalue weighted by Crippen LogP contribution is -2.38. The van der Waals surface area contributed by atoms with E-state index in [0.29, 0.717) is 12.5 Å². The van der Waals surface area contributed by atoms with E-state index in [1.54, 1.807) is 6.26 Å². The first kappa shape index (κ1) is 15.1. The quantitative estimate of drug-likeness (QED) is 0.928. The highest BCUT2D eigenvalue weighted by Gasteiger charge is 2.32. The maximum absolute atomic E-state index is 12.4. The van der Waals surface area contributed by atoms with Gasteiger partial charge in [0.2, 0.25) is 11.8 Å². The SMILES string of the molecule is O=C(NCc1ccco1)C1CCC(C(=O)N2CCCC2)CC1. The molecule has 1 saturated heterocycles. The van der Waals surface area contributed by atoms with E-state index in [2.05, 4.69) is 5.32 Å². The number of rotatable bonds is 4. The van der Waals surface area contributed by atoms with E-state index in [-0.39, 0.29) is 17.7 Å². The Morgan fingerprint density at radius 2 is 1.82 bits per heavy atom. The Morgan fingerprint density at radius 1 is 1.14 bits per heavy atom. The lowest BCUT2D eigenvalue weighted by molar-refractivity contribution is -0.137. The van der Waals surface area contributed by atoms with Gasteiger partial charge in [-0.1, -0.05) is 0 Å². The minimum absolute atomic E-state index is 0.0394. The van der Waals surface area contributed by atoms with Crippen molar-refractivity contribution in [2.24, 2.45) is 11.8 Å². The smallest absolute Gasteiger partial charge is 0.225 e. The first-order chi connectivity index (χ1) is 10.7. The topological polar surface area (TPSA) is 62.6 Å². The van der Waals surface area contributed by atoms with Crippen molar-refractivity contribution < 1.29 is 14.0 Å². The van der Waals surface area contributed by atoms with Crippen LogP contribution in [0.15, 0.2) is 22.8 Å². The van der Waals surface area contributed by atoms with E-state index in [9.17, 15) is 9.59 Å². The number of carbonyl (C=O) groups excluding carboxylic acids is 2. The Balaban J connectivity index is 1.42. The predicted molar refractivity (Wildman–Crippen MR) is 81.8 cm³/mol. The van der Waals surface area contributed by atoms with E-state index in [0.717, 1.165) is 57.4 Å². The number of furan rings is 1. The van der Waals surface area contributed by atoms with Crippen LogP contribution in [-0.2, 0) is 16.1 Å².